The minimum Gasteiger partial charge on any atom is -0.493 e. The Hall–Kier alpha value is -1.63. The highest BCUT2D eigenvalue weighted by atomic mass is 16.7. The third kappa shape index (κ3) is 6.17. The molecule has 1 aromatic rings. The Morgan fingerprint density at radius 3 is 2.17 bits per heavy atom. The Balaban J connectivity index is 2.98. The van der Waals surface area contributed by atoms with E-state index >= 15 is 0 Å². The van der Waals surface area contributed by atoms with Crippen molar-refractivity contribution in [2.75, 3.05) is 47.7 Å². The summed E-state index contributed by atoms with van der Waals surface area (Å²) in [7, 11) is 4.85. The lowest BCUT2D eigenvalue weighted by molar-refractivity contribution is -0.128. The van der Waals surface area contributed by atoms with Crippen molar-refractivity contribution in [3.8, 4) is 11.5 Å². The lowest BCUT2D eigenvalue weighted by Gasteiger charge is -2.16. The highest BCUT2D eigenvalue weighted by Crippen LogP contribution is 2.27. The van der Waals surface area contributed by atoms with Crippen LogP contribution in [0.25, 0.3) is 0 Å². The fourth-order valence-corrected chi connectivity index (χ4v) is 2.08. The topological polar surface area (TPSA) is 58.5 Å². The summed E-state index contributed by atoms with van der Waals surface area (Å²) in [5, 5.41) is 0. The lowest BCUT2D eigenvalue weighted by Crippen LogP contribution is -2.22. The van der Waals surface area contributed by atoms with E-state index in [0.717, 1.165) is 11.3 Å². The van der Waals surface area contributed by atoms with E-state index in [4.69, 9.17) is 23.7 Å². The van der Waals surface area contributed by atoms with Gasteiger partial charge in [-0.25, -0.2) is 0 Å². The highest BCUT2D eigenvalue weighted by Gasteiger charge is 2.12. The molecule has 0 saturated carbocycles. The molecule has 130 valence electrons. The van der Waals surface area contributed by atoms with E-state index in [1.807, 2.05) is 32.0 Å². The van der Waals surface area contributed by atoms with Gasteiger partial charge in [0.1, 0.15) is 0 Å². The molecule has 0 saturated heterocycles. The van der Waals surface area contributed by atoms with Crippen molar-refractivity contribution in [2.24, 2.45) is 4.99 Å². The molecule has 1 rings (SSSR count). The summed E-state index contributed by atoms with van der Waals surface area (Å²) in [6, 6.07) is 5.66. The molecular weight excluding hydrogens is 298 g/mol. The van der Waals surface area contributed by atoms with Crippen LogP contribution in [0.4, 0.5) is 0 Å². The molecule has 0 amide bonds. The Labute approximate surface area is 138 Å². The summed E-state index contributed by atoms with van der Waals surface area (Å²) >= 11 is 0. The van der Waals surface area contributed by atoms with Crippen LogP contribution in [0.5, 0.6) is 11.5 Å². The summed E-state index contributed by atoms with van der Waals surface area (Å²) in [4.78, 5) is 4.60. The third-order valence-electron chi connectivity index (χ3n) is 3.13. The molecule has 0 aliphatic carbocycles. The monoisotopic (exact) mass is 325 g/mol. The Morgan fingerprint density at radius 2 is 1.65 bits per heavy atom. The summed E-state index contributed by atoms with van der Waals surface area (Å²) < 4.78 is 26.9. The predicted molar refractivity (Wildman–Crippen MR) is 89.9 cm³/mol. The van der Waals surface area contributed by atoms with Gasteiger partial charge in [0, 0.05) is 25.9 Å². The van der Waals surface area contributed by atoms with Crippen molar-refractivity contribution in [1.82, 2.24) is 0 Å². The molecule has 0 radical (unpaired) electrons. The summed E-state index contributed by atoms with van der Waals surface area (Å²) in [5.41, 5.74) is 1.72. The second-order valence-corrected chi connectivity index (χ2v) is 4.63. The predicted octanol–water partition coefficient (Wildman–Crippen LogP) is 2.54. The van der Waals surface area contributed by atoms with Crippen molar-refractivity contribution in [3.63, 3.8) is 0 Å². The van der Waals surface area contributed by atoms with Crippen molar-refractivity contribution in [1.29, 1.82) is 0 Å². The molecule has 0 fully saturated rings. The number of ether oxygens (including phenoxy) is 5. The van der Waals surface area contributed by atoms with Crippen molar-refractivity contribution < 1.29 is 23.7 Å². The van der Waals surface area contributed by atoms with Gasteiger partial charge in [-0.1, -0.05) is 0 Å². The first kappa shape index (κ1) is 19.4. The number of aliphatic imine (C=N–C) groups is 1. The maximum atomic E-state index is 5.51. The van der Waals surface area contributed by atoms with Crippen LogP contribution in [-0.4, -0.2) is 59.7 Å². The van der Waals surface area contributed by atoms with E-state index in [1.165, 1.54) is 0 Å². The number of rotatable bonds is 11. The van der Waals surface area contributed by atoms with E-state index in [1.54, 1.807) is 21.3 Å². The van der Waals surface area contributed by atoms with Gasteiger partial charge in [0.25, 0.3) is 0 Å². The van der Waals surface area contributed by atoms with Gasteiger partial charge >= 0.3 is 0 Å². The van der Waals surface area contributed by atoms with Gasteiger partial charge in [-0.2, -0.15) is 0 Å². The maximum absolute atomic E-state index is 5.51. The van der Waals surface area contributed by atoms with Crippen LogP contribution >= 0.6 is 0 Å². The second-order valence-electron chi connectivity index (χ2n) is 4.63. The van der Waals surface area contributed by atoms with Crippen molar-refractivity contribution in [2.45, 2.75) is 20.1 Å². The number of hydrogen-bond acceptors (Lipinski definition) is 6. The largest absolute Gasteiger partial charge is 0.493 e. The van der Waals surface area contributed by atoms with E-state index in [0.29, 0.717) is 37.9 Å². The average molecular weight is 325 g/mol. The van der Waals surface area contributed by atoms with Crippen LogP contribution in [0.2, 0.25) is 0 Å². The highest BCUT2D eigenvalue weighted by molar-refractivity contribution is 6.02. The normalized spacial score (nSPS) is 11.8. The quantitative estimate of drug-likeness (QED) is 0.462. The zero-order valence-electron chi connectivity index (χ0n) is 14.6. The van der Waals surface area contributed by atoms with E-state index in [2.05, 4.69) is 4.99 Å². The van der Waals surface area contributed by atoms with Crippen LogP contribution in [0.15, 0.2) is 23.2 Å². The van der Waals surface area contributed by atoms with Gasteiger partial charge < -0.3 is 23.7 Å². The van der Waals surface area contributed by atoms with E-state index in [-0.39, 0.29) is 6.29 Å². The van der Waals surface area contributed by atoms with Gasteiger partial charge in [0.05, 0.1) is 33.1 Å². The van der Waals surface area contributed by atoms with Crippen LogP contribution < -0.4 is 9.47 Å². The van der Waals surface area contributed by atoms with Crippen LogP contribution in [-0.2, 0) is 14.2 Å². The van der Waals surface area contributed by atoms with Gasteiger partial charge in [-0.15, -0.1) is 0 Å². The molecule has 0 aliphatic rings. The Morgan fingerprint density at radius 1 is 1.00 bits per heavy atom. The zero-order chi connectivity index (χ0) is 17.1. The molecule has 0 unspecified atom stereocenters. The molecule has 0 spiro atoms. The molecule has 0 aromatic heterocycles. The molecule has 6 nitrogen and oxygen atoms in total. The molecule has 1 aromatic carbocycles. The number of hydrogen-bond donors (Lipinski definition) is 0. The molecule has 0 bridgehead atoms. The summed E-state index contributed by atoms with van der Waals surface area (Å²) in [5.74, 6) is 1.33. The first-order valence-electron chi connectivity index (χ1n) is 7.67. The SMILES string of the molecule is CCOC(CN=C(COC)c1ccc(OC)c(OC)c1)OCC. The maximum Gasteiger partial charge on any atom is 0.176 e. The van der Waals surface area contributed by atoms with Gasteiger partial charge in [0.15, 0.2) is 17.8 Å². The number of nitrogens with zero attached hydrogens (tertiary/aromatic N) is 1. The molecular formula is C17H27NO5. The molecule has 23 heavy (non-hydrogen) atoms. The van der Waals surface area contributed by atoms with E-state index in [9.17, 15) is 0 Å². The minimum absolute atomic E-state index is 0.350. The minimum atomic E-state index is -0.350. The molecule has 0 atom stereocenters. The van der Waals surface area contributed by atoms with Crippen LogP contribution in [0.3, 0.4) is 0 Å². The molecule has 6 heteroatoms. The number of benzene rings is 1. The second kappa shape index (κ2) is 11.0. The summed E-state index contributed by atoms with van der Waals surface area (Å²) in [6.45, 7) is 5.82. The third-order valence-corrected chi connectivity index (χ3v) is 3.13. The number of methoxy groups -OCH3 is 3. The van der Waals surface area contributed by atoms with Gasteiger partial charge in [-0.05, 0) is 32.0 Å². The van der Waals surface area contributed by atoms with Crippen LogP contribution in [0, 0.1) is 0 Å². The molecule has 0 N–H and O–H groups in total. The standard InChI is InChI=1S/C17H27NO5/c1-6-22-17(23-7-2)11-18-14(12-19-3)13-8-9-15(20-4)16(10-13)21-5/h8-10,17H,6-7,11-12H2,1-5H3. The first-order valence-corrected chi connectivity index (χ1v) is 7.67. The smallest absolute Gasteiger partial charge is 0.176 e. The van der Waals surface area contributed by atoms with Gasteiger partial charge in [0.2, 0.25) is 0 Å². The van der Waals surface area contributed by atoms with Crippen molar-refractivity contribution in [3.05, 3.63) is 23.8 Å². The van der Waals surface area contributed by atoms with Crippen molar-refractivity contribution >= 4 is 5.71 Å². The molecule has 0 heterocycles. The van der Waals surface area contributed by atoms with Gasteiger partial charge in [-0.3, -0.25) is 4.99 Å². The Kier molecular flexibility index (Phi) is 9.28. The molecule has 0 aliphatic heterocycles. The Bertz CT molecular complexity index is 484. The fraction of sp³-hybridized carbons (Fsp3) is 0.588. The zero-order valence-corrected chi connectivity index (χ0v) is 14.6. The summed E-state index contributed by atoms with van der Waals surface area (Å²) in [6.07, 6.45) is -0.350. The lowest BCUT2D eigenvalue weighted by atomic mass is 10.1. The average Bonchev–Trinajstić information content (AvgIpc) is 2.58. The van der Waals surface area contributed by atoms with E-state index < -0.39 is 0 Å². The van der Waals surface area contributed by atoms with Crippen LogP contribution in [0.1, 0.15) is 19.4 Å². The first-order chi connectivity index (χ1) is 11.2. The fourth-order valence-electron chi connectivity index (χ4n) is 2.08.